The average Bonchev–Trinajstić information content (AvgIpc) is 2.76. The highest BCUT2D eigenvalue weighted by Crippen LogP contribution is 2.29. The van der Waals surface area contributed by atoms with E-state index in [-0.39, 0.29) is 35.3 Å². The molecular weight excluding hydrogens is 438 g/mol. The molecule has 0 aliphatic rings. The van der Waals surface area contributed by atoms with E-state index in [1.807, 2.05) is 0 Å². The highest BCUT2D eigenvalue weighted by molar-refractivity contribution is 5.84. The first-order valence-corrected chi connectivity index (χ1v) is 9.74. The van der Waals surface area contributed by atoms with Crippen LogP contribution in [0.1, 0.15) is 47.2 Å². The summed E-state index contributed by atoms with van der Waals surface area (Å²) in [4.78, 5) is 16.8. The number of benzene rings is 1. The number of hydrogen-bond acceptors (Lipinski definition) is 4. The van der Waals surface area contributed by atoms with Gasteiger partial charge in [-0.3, -0.25) is 9.78 Å². The summed E-state index contributed by atoms with van der Waals surface area (Å²) in [7, 11) is 1.72. The number of hydrogen-bond donors (Lipinski definition) is 0. The molecule has 0 aliphatic carbocycles. The summed E-state index contributed by atoms with van der Waals surface area (Å²) in [6.07, 6.45) is 3.11. The molecule has 32 heavy (non-hydrogen) atoms. The van der Waals surface area contributed by atoms with Crippen LogP contribution >= 0.6 is 0 Å². The summed E-state index contributed by atoms with van der Waals surface area (Å²) < 4.78 is 82.3. The lowest BCUT2D eigenvalue weighted by Crippen LogP contribution is -2.12. The third-order valence-corrected chi connectivity index (χ3v) is 4.62. The predicted octanol–water partition coefficient (Wildman–Crippen LogP) is 6.09. The maximum atomic E-state index is 14.5. The molecule has 1 heterocycles. The minimum atomic E-state index is -2.79. The number of nitrogens with zero attached hydrogens (tertiary/aromatic N) is 2. The van der Waals surface area contributed by atoms with Crippen LogP contribution in [-0.2, 0) is 4.74 Å². The van der Waals surface area contributed by atoms with Crippen molar-refractivity contribution in [3.63, 3.8) is 0 Å². The smallest absolute Gasteiger partial charge is 0.345 e. The molecule has 2 aromatic rings. The Kier molecular flexibility index (Phi) is 9.70. The van der Waals surface area contributed by atoms with Gasteiger partial charge in [0, 0.05) is 30.9 Å². The monoisotopic (exact) mass is 460 g/mol. The van der Waals surface area contributed by atoms with Crippen molar-refractivity contribution in [3.05, 3.63) is 58.9 Å². The lowest BCUT2D eigenvalue weighted by Gasteiger charge is -2.14. The summed E-state index contributed by atoms with van der Waals surface area (Å²) in [5.41, 5.74) is -1.08. The number of pyridine rings is 1. The van der Waals surface area contributed by atoms with Crippen LogP contribution in [0.4, 0.5) is 26.3 Å². The standard InChI is InChI=1S/C22H22F6N2O2/c1-30(8-3-2-4-10-32-22(27)28)9-7-14-11-16(19(23)20(24)17(14)13-31)18-6-5-15(12-29-18)21(25)26/h5-7,9,11-13,21-22H,2-4,8,10H2,1H3/b9-7-. The molecule has 0 unspecified atom stereocenters. The van der Waals surface area contributed by atoms with Crippen LogP contribution in [0.5, 0.6) is 0 Å². The molecule has 174 valence electrons. The van der Waals surface area contributed by atoms with Crippen LogP contribution in [0, 0.1) is 11.6 Å². The van der Waals surface area contributed by atoms with E-state index in [1.165, 1.54) is 12.1 Å². The molecule has 0 saturated heterocycles. The number of alkyl halides is 4. The van der Waals surface area contributed by atoms with Gasteiger partial charge in [0.2, 0.25) is 0 Å². The maximum absolute atomic E-state index is 14.5. The summed E-state index contributed by atoms with van der Waals surface area (Å²) in [5.74, 6) is -2.67. The first kappa shape index (κ1) is 25.4. The van der Waals surface area contributed by atoms with Gasteiger partial charge in [-0.1, -0.05) is 0 Å². The van der Waals surface area contributed by atoms with Gasteiger partial charge in [-0.05, 0) is 55.3 Å². The Bertz CT molecular complexity index is 920. The van der Waals surface area contributed by atoms with Crippen molar-refractivity contribution in [1.82, 2.24) is 9.88 Å². The topological polar surface area (TPSA) is 42.4 Å². The first-order valence-electron chi connectivity index (χ1n) is 9.74. The van der Waals surface area contributed by atoms with E-state index < -0.39 is 30.2 Å². The second-order valence-corrected chi connectivity index (χ2v) is 6.94. The van der Waals surface area contributed by atoms with Gasteiger partial charge >= 0.3 is 6.61 Å². The maximum Gasteiger partial charge on any atom is 0.345 e. The van der Waals surface area contributed by atoms with Gasteiger partial charge in [0.1, 0.15) is 0 Å². The van der Waals surface area contributed by atoms with Crippen molar-refractivity contribution in [2.24, 2.45) is 0 Å². The molecule has 0 saturated carbocycles. The highest BCUT2D eigenvalue weighted by Gasteiger charge is 2.19. The van der Waals surface area contributed by atoms with Crippen molar-refractivity contribution in [3.8, 4) is 11.3 Å². The fourth-order valence-electron chi connectivity index (χ4n) is 2.89. The highest BCUT2D eigenvalue weighted by atomic mass is 19.3. The minimum Gasteiger partial charge on any atom is -0.380 e. The summed E-state index contributed by atoms with van der Waals surface area (Å²) in [6, 6.07) is 3.43. The fraction of sp³-hybridized carbons (Fsp3) is 0.364. The van der Waals surface area contributed by atoms with Gasteiger partial charge in [-0.15, -0.1) is 0 Å². The SMILES string of the molecule is CN(/C=C\c1cc(-c2ccc(C(F)F)cn2)c(F)c(F)c1C=O)CCCCCOC(F)F. The number of ether oxygens (including phenoxy) is 1. The Morgan fingerprint density at radius 1 is 1.09 bits per heavy atom. The zero-order valence-electron chi connectivity index (χ0n) is 17.2. The van der Waals surface area contributed by atoms with Gasteiger partial charge in [0.25, 0.3) is 6.43 Å². The van der Waals surface area contributed by atoms with Crippen LogP contribution in [0.3, 0.4) is 0 Å². The second-order valence-electron chi connectivity index (χ2n) is 6.94. The number of halogens is 6. The number of aromatic nitrogens is 1. The van der Waals surface area contributed by atoms with Crippen molar-refractivity contribution in [2.75, 3.05) is 20.2 Å². The van der Waals surface area contributed by atoms with Gasteiger partial charge < -0.3 is 9.64 Å². The van der Waals surface area contributed by atoms with E-state index in [1.54, 1.807) is 18.1 Å². The third kappa shape index (κ3) is 7.08. The van der Waals surface area contributed by atoms with E-state index in [0.717, 1.165) is 18.3 Å². The van der Waals surface area contributed by atoms with E-state index in [2.05, 4.69) is 9.72 Å². The molecule has 0 N–H and O–H groups in total. The van der Waals surface area contributed by atoms with E-state index in [9.17, 15) is 31.1 Å². The van der Waals surface area contributed by atoms with Crippen molar-refractivity contribution in [1.29, 1.82) is 0 Å². The summed E-state index contributed by atoms with van der Waals surface area (Å²) >= 11 is 0. The predicted molar refractivity (Wildman–Crippen MR) is 107 cm³/mol. The third-order valence-electron chi connectivity index (χ3n) is 4.62. The van der Waals surface area contributed by atoms with E-state index in [0.29, 0.717) is 25.8 Å². The number of carbonyl (C=O) groups excluding carboxylic acids is 1. The molecule has 0 amide bonds. The van der Waals surface area contributed by atoms with Gasteiger partial charge in [0.15, 0.2) is 17.9 Å². The summed E-state index contributed by atoms with van der Waals surface area (Å²) in [6.45, 7) is -2.27. The van der Waals surface area contributed by atoms with E-state index in [4.69, 9.17) is 0 Å². The van der Waals surface area contributed by atoms with Gasteiger partial charge in [-0.25, -0.2) is 17.6 Å². The number of unbranched alkanes of at least 4 members (excludes halogenated alkanes) is 2. The van der Waals surface area contributed by atoms with Gasteiger partial charge in [0.05, 0.1) is 17.9 Å². The van der Waals surface area contributed by atoms with Crippen LogP contribution in [0.25, 0.3) is 17.3 Å². The van der Waals surface area contributed by atoms with Crippen molar-refractivity contribution >= 4 is 12.4 Å². The number of rotatable bonds is 12. The summed E-state index contributed by atoms with van der Waals surface area (Å²) in [5, 5.41) is 0. The minimum absolute atomic E-state index is 0.0378. The molecule has 1 aromatic carbocycles. The van der Waals surface area contributed by atoms with Crippen LogP contribution in [-0.4, -0.2) is 43.0 Å². The molecule has 0 bridgehead atoms. The zero-order chi connectivity index (χ0) is 23.7. The quantitative estimate of drug-likeness (QED) is 0.218. The Labute approximate surface area is 181 Å². The first-order chi connectivity index (χ1) is 15.2. The molecule has 4 nitrogen and oxygen atoms in total. The molecule has 1 aromatic heterocycles. The van der Waals surface area contributed by atoms with Gasteiger partial charge in [-0.2, -0.15) is 8.78 Å². The normalized spacial score (nSPS) is 11.7. The largest absolute Gasteiger partial charge is 0.380 e. The van der Waals surface area contributed by atoms with Crippen molar-refractivity contribution in [2.45, 2.75) is 32.3 Å². The molecular formula is C22H22F6N2O2. The fourth-order valence-corrected chi connectivity index (χ4v) is 2.89. The lowest BCUT2D eigenvalue weighted by molar-refractivity contribution is -0.129. The molecule has 0 fully saturated rings. The van der Waals surface area contributed by atoms with Crippen LogP contribution in [0.2, 0.25) is 0 Å². The Morgan fingerprint density at radius 3 is 2.44 bits per heavy atom. The molecule has 0 spiro atoms. The van der Waals surface area contributed by atoms with E-state index >= 15 is 0 Å². The number of aldehydes is 1. The number of carbonyl (C=O) groups is 1. The molecule has 0 aliphatic heterocycles. The average molecular weight is 460 g/mol. The van der Waals surface area contributed by atoms with Crippen LogP contribution in [0.15, 0.2) is 30.6 Å². The second kappa shape index (κ2) is 12.2. The Balaban J connectivity index is 2.14. The molecule has 2 rings (SSSR count). The molecule has 0 atom stereocenters. The zero-order valence-corrected chi connectivity index (χ0v) is 17.2. The molecule has 10 heteroatoms. The Hall–Kier alpha value is -2.88. The molecule has 0 radical (unpaired) electrons. The van der Waals surface area contributed by atoms with Crippen LogP contribution < -0.4 is 0 Å². The lowest BCUT2D eigenvalue weighted by atomic mass is 10.0. The van der Waals surface area contributed by atoms with Crippen molar-refractivity contribution < 1.29 is 35.9 Å². The Morgan fingerprint density at radius 2 is 1.84 bits per heavy atom.